The minimum Gasteiger partial charge on any atom is -0.537 e. The number of rotatable bonds is 9. The van der Waals surface area contributed by atoms with E-state index in [9.17, 15) is 29.7 Å². The molecular weight excluding hydrogens is 524 g/mol. The van der Waals surface area contributed by atoms with E-state index in [2.05, 4.69) is 38.5 Å². The molecule has 169 valence electrons. The van der Waals surface area contributed by atoms with Gasteiger partial charge in [0, 0.05) is 19.3 Å². The maximum absolute atomic E-state index is 9.75. The Bertz CT molecular complexity index is 548. The zero-order valence-electron chi connectivity index (χ0n) is 18.9. The fourth-order valence-corrected chi connectivity index (χ4v) is 1.79. The molecule has 0 aliphatic rings. The summed E-state index contributed by atoms with van der Waals surface area (Å²) in [5, 5.41) is 29.2. The van der Waals surface area contributed by atoms with Crippen LogP contribution in [0.3, 0.4) is 0 Å². The number of carbonyl (C=O) groups is 3. The van der Waals surface area contributed by atoms with E-state index in [0.29, 0.717) is 19.3 Å². The maximum Gasteiger partial charge on any atom is 3.00 e. The Balaban J connectivity index is -0.000000174. The summed E-state index contributed by atoms with van der Waals surface area (Å²) < 4.78 is 0. The molecule has 0 atom stereocenters. The largest absolute Gasteiger partial charge is 3.00 e. The van der Waals surface area contributed by atoms with Gasteiger partial charge in [-0.2, -0.15) is 0 Å². The monoisotopic (exact) mass is 557 g/mol. The number of hydrogen-bond acceptors (Lipinski definition) is 6. The summed E-state index contributed by atoms with van der Waals surface area (Å²) in [7, 11) is 0. The van der Waals surface area contributed by atoms with Crippen LogP contribution in [-0.4, -0.2) is 17.9 Å². The molecule has 31 heavy (non-hydrogen) atoms. The van der Waals surface area contributed by atoms with E-state index in [1.165, 1.54) is 0 Å². The van der Waals surface area contributed by atoms with Crippen LogP contribution in [0.2, 0.25) is 0 Å². The van der Waals surface area contributed by atoms with Crippen LogP contribution >= 0.6 is 0 Å². The van der Waals surface area contributed by atoms with Crippen LogP contribution in [0, 0.1) is 77.3 Å². The molecule has 0 aromatic rings. The molecule has 0 heterocycles. The molecule has 6 nitrogen and oxygen atoms in total. The topological polar surface area (TPSA) is 120 Å². The standard InChI is InChI=1S/3C8H12O2.Ce/c3*1-2-3-4-5-6-7-8(9)10;/h3*2-5H2,1H3,(H,9,10);/q;;;+3/p-3. The SMILES string of the molecule is CCCCCC#CC(=O)[O-].CCCCCC#CC(=O)[O-].CCCCCC#CC(=O)[O-].[Ce+3]. The van der Waals surface area contributed by atoms with Gasteiger partial charge in [-0.3, -0.25) is 0 Å². The van der Waals surface area contributed by atoms with Gasteiger partial charge >= 0.3 is 41.7 Å². The third-order valence-corrected chi connectivity index (χ3v) is 3.29. The maximum atomic E-state index is 9.75. The van der Waals surface area contributed by atoms with E-state index in [4.69, 9.17) is 0 Å². The van der Waals surface area contributed by atoms with Gasteiger partial charge < -0.3 is 29.7 Å². The summed E-state index contributed by atoms with van der Waals surface area (Å²) in [5.41, 5.74) is 0. The van der Waals surface area contributed by atoms with Crippen LogP contribution < -0.4 is 15.3 Å². The minimum atomic E-state index is -1.28. The van der Waals surface area contributed by atoms with Crippen LogP contribution in [0.4, 0.5) is 0 Å². The van der Waals surface area contributed by atoms with E-state index in [1.807, 2.05) is 17.8 Å². The van der Waals surface area contributed by atoms with Crippen LogP contribution in [0.15, 0.2) is 0 Å². The Morgan fingerprint density at radius 3 is 0.903 bits per heavy atom. The molecule has 0 bridgehead atoms. The molecule has 0 amide bonds. The molecule has 0 unspecified atom stereocenters. The molecule has 0 aliphatic heterocycles. The zero-order valence-corrected chi connectivity index (χ0v) is 22.1. The molecule has 0 N–H and O–H groups in total. The summed E-state index contributed by atoms with van der Waals surface area (Å²) >= 11 is 0. The van der Waals surface area contributed by atoms with E-state index in [-0.39, 0.29) is 41.7 Å². The minimum absolute atomic E-state index is 0. The Labute approximate surface area is 221 Å². The van der Waals surface area contributed by atoms with Gasteiger partial charge in [-0.15, -0.1) is 0 Å². The predicted octanol–water partition coefficient (Wildman–Crippen LogP) is 0.960. The fourth-order valence-electron chi connectivity index (χ4n) is 1.79. The molecule has 0 aromatic carbocycles. The smallest absolute Gasteiger partial charge is 0.537 e. The summed E-state index contributed by atoms with van der Waals surface area (Å²) in [4.78, 5) is 29.2. The van der Waals surface area contributed by atoms with Crippen LogP contribution in [0.25, 0.3) is 0 Å². The Hall–Kier alpha value is -1.53. The van der Waals surface area contributed by atoms with Crippen molar-refractivity contribution in [2.24, 2.45) is 0 Å². The van der Waals surface area contributed by atoms with Gasteiger partial charge in [-0.05, 0) is 37.0 Å². The Kier molecular flexibility index (Phi) is 39.3. The summed E-state index contributed by atoms with van der Waals surface area (Å²) in [6.07, 6.45) is 11.7. The average molecular weight is 558 g/mol. The quantitative estimate of drug-likeness (QED) is 0.308. The molecule has 1 radical (unpaired) electrons. The molecule has 0 fully saturated rings. The second-order valence-corrected chi connectivity index (χ2v) is 6.14. The van der Waals surface area contributed by atoms with Gasteiger partial charge in [-0.25, -0.2) is 0 Å². The first-order valence-corrected chi connectivity index (χ1v) is 10.4. The molecule has 0 rings (SSSR count). The Morgan fingerprint density at radius 1 is 0.516 bits per heavy atom. The first-order chi connectivity index (χ1) is 14.3. The number of aliphatic carboxylic acids is 3. The van der Waals surface area contributed by atoms with Crippen molar-refractivity contribution in [3.8, 4) is 35.5 Å². The van der Waals surface area contributed by atoms with Gasteiger partial charge in [0.15, 0.2) is 0 Å². The van der Waals surface area contributed by atoms with Crippen molar-refractivity contribution in [3.05, 3.63) is 0 Å². The van der Waals surface area contributed by atoms with Crippen molar-refractivity contribution >= 4 is 17.9 Å². The first-order valence-electron chi connectivity index (χ1n) is 10.4. The van der Waals surface area contributed by atoms with Crippen LogP contribution in [-0.2, 0) is 14.4 Å². The van der Waals surface area contributed by atoms with E-state index in [0.717, 1.165) is 57.8 Å². The molecule has 0 spiro atoms. The van der Waals surface area contributed by atoms with Crippen molar-refractivity contribution in [2.45, 2.75) is 97.8 Å². The first kappa shape index (κ1) is 36.8. The van der Waals surface area contributed by atoms with Gasteiger partial charge in [0.05, 0.1) is 0 Å². The fraction of sp³-hybridized carbons (Fsp3) is 0.625. The van der Waals surface area contributed by atoms with Crippen molar-refractivity contribution < 1.29 is 71.5 Å². The van der Waals surface area contributed by atoms with Crippen LogP contribution in [0.1, 0.15) is 97.8 Å². The molecule has 0 saturated carbocycles. The van der Waals surface area contributed by atoms with Crippen LogP contribution in [0.5, 0.6) is 0 Å². The van der Waals surface area contributed by atoms with E-state index >= 15 is 0 Å². The van der Waals surface area contributed by atoms with E-state index in [1.54, 1.807) is 0 Å². The summed E-state index contributed by atoms with van der Waals surface area (Å²) in [6.45, 7) is 6.27. The van der Waals surface area contributed by atoms with E-state index < -0.39 is 17.9 Å². The zero-order chi connectivity index (χ0) is 23.5. The second kappa shape index (κ2) is 33.1. The third kappa shape index (κ3) is 52.6. The molecular formula is C24H33CeO6. The number of carboxylic acids is 3. The Morgan fingerprint density at radius 2 is 0.742 bits per heavy atom. The number of carboxylic acid groups (broad SMARTS) is 3. The van der Waals surface area contributed by atoms with Crippen molar-refractivity contribution in [2.75, 3.05) is 0 Å². The third-order valence-electron chi connectivity index (χ3n) is 3.29. The second-order valence-electron chi connectivity index (χ2n) is 6.14. The normalized spacial score (nSPS) is 7.84. The summed E-state index contributed by atoms with van der Waals surface area (Å²) in [6, 6.07) is 0. The molecule has 7 heteroatoms. The number of carbonyl (C=O) groups excluding carboxylic acids is 3. The summed E-state index contributed by atoms with van der Waals surface area (Å²) in [5.74, 6) is 9.56. The van der Waals surface area contributed by atoms with Crippen molar-refractivity contribution in [1.82, 2.24) is 0 Å². The number of hydrogen-bond donors (Lipinski definition) is 0. The van der Waals surface area contributed by atoms with Gasteiger partial charge in [0.2, 0.25) is 0 Å². The van der Waals surface area contributed by atoms with Crippen molar-refractivity contribution in [3.63, 3.8) is 0 Å². The molecule has 0 aliphatic carbocycles. The average Bonchev–Trinajstić information content (AvgIpc) is 2.68. The van der Waals surface area contributed by atoms with Gasteiger partial charge in [-0.1, -0.05) is 77.1 Å². The predicted molar refractivity (Wildman–Crippen MR) is 111 cm³/mol. The van der Waals surface area contributed by atoms with Gasteiger partial charge in [0.1, 0.15) is 17.9 Å². The number of unbranched alkanes of at least 4 members (excludes halogenated alkanes) is 9. The molecule has 0 aromatic heterocycles. The van der Waals surface area contributed by atoms with Crippen molar-refractivity contribution in [1.29, 1.82) is 0 Å². The van der Waals surface area contributed by atoms with Gasteiger partial charge in [0.25, 0.3) is 0 Å². The molecule has 0 saturated heterocycles.